The lowest BCUT2D eigenvalue weighted by atomic mass is 9.89. The molecule has 138 valence electrons. The highest BCUT2D eigenvalue weighted by Crippen LogP contribution is 2.22. The van der Waals surface area contributed by atoms with Crippen LogP contribution in [0.15, 0.2) is 36.9 Å². The van der Waals surface area contributed by atoms with Gasteiger partial charge in [-0.3, -0.25) is 4.79 Å². The zero-order chi connectivity index (χ0) is 18.4. The van der Waals surface area contributed by atoms with Crippen molar-refractivity contribution >= 4 is 11.9 Å². The van der Waals surface area contributed by atoms with Crippen molar-refractivity contribution in [3.63, 3.8) is 0 Å². The molecular formula is C19H24N4O3. The Morgan fingerprint density at radius 2 is 1.96 bits per heavy atom. The summed E-state index contributed by atoms with van der Waals surface area (Å²) in [4.78, 5) is 28.3. The number of rotatable bonds is 6. The quantitative estimate of drug-likeness (QED) is 0.804. The highest BCUT2D eigenvalue weighted by molar-refractivity contribution is 5.92. The third-order valence-electron chi connectivity index (χ3n) is 4.73. The molecule has 1 atom stereocenters. The number of ether oxygens (including phenoxy) is 1. The molecule has 1 fully saturated rings. The number of benzene rings is 1. The number of hydrogen-bond donors (Lipinski definition) is 1. The third-order valence-corrected chi connectivity index (χ3v) is 4.73. The van der Waals surface area contributed by atoms with Gasteiger partial charge in [0, 0.05) is 6.54 Å². The maximum atomic E-state index is 12.2. The second-order valence-electron chi connectivity index (χ2n) is 6.68. The zero-order valence-electron chi connectivity index (χ0n) is 14.9. The van der Waals surface area contributed by atoms with Crippen LogP contribution in [0.2, 0.25) is 0 Å². The molecule has 7 nitrogen and oxygen atoms in total. The number of aromatic nitrogens is 3. The van der Waals surface area contributed by atoms with Crippen LogP contribution in [-0.2, 0) is 9.53 Å². The topological polar surface area (TPSA) is 86.1 Å². The number of esters is 1. The molecule has 1 amide bonds. The average molecular weight is 356 g/mol. The first-order valence-corrected chi connectivity index (χ1v) is 9.07. The van der Waals surface area contributed by atoms with Gasteiger partial charge in [-0.2, -0.15) is 5.10 Å². The lowest BCUT2D eigenvalue weighted by molar-refractivity contribution is -0.129. The second-order valence-corrected chi connectivity index (χ2v) is 6.68. The summed E-state index contributed by atoms with van der Waals surface area (Å²) >= 11 is 0. The van der Waals surface area contributed by atoms with E-state index in [0.29, 0.717) is 18.0 Å². The van der Waals surface area contributed by atoms with Crippen molar-refractivity contribution in [3.05, 3.63) is 42.5 Å². The van der Waals surface area contributed by atoms with E-state index in [4.69, 9.17) is 4.74 Å². The molecule has 1 aromatic heterocycles. The first-order chi connectivity index (χ1) is 12.6. The normalized spacial score (nSPS) is 16.0. The van der Waals surface area contributed by atoms with Gasteiger partial charge in [-0.25, -0.2) is 14.5 Å². The fourth-order valence-corrected chi connectivity index (χ4v) is 3.15. The number of amides is 1. The zero-order valence-corrected chi connectivity index (χ0v) is 14.9. The van der Waals surface area contributed by atoms with E-state index in [9.17, 15) is 9.59 Å². The van der Waals surface area contributed by atoms with Crippen LogP contribution in [-0.4, -0.2) is 39.3 Å². The fraction of sp³-hybridized carbons (Fsp3) is 0.474. The van der Waals surface area contributed by atoms with Crippen molar-refractivity contribution < 1.29 is 14.3 Å². The Kier molecular flexibility index (Phi) is 5.99. The molecule has 0 radical (unpaired) electrons. The molecule has 0 bridgehead atoms. The molecule has 1 aromatic carbocycles. The van der Waals surface area contributed by atoms with Crippen LogP contribution in [0, 0.1) is 5.92 Å². The van der Waals surface area contributed by atoms with Gasteiger partial charge in [-0.15, -0.1) is 0 Å². The van der Waals surface area contributed by atoms with Gasteiger partial charge in [-0.05, 0) is 49.9 Å². The standard InChI is InChI=1S/C19H24N4O3/c1-14(18(24)21-11-15-5-3-2-4-6-15)26-19(25)16-7-9-17(10-8-16)23-13-20-12-22-23/h7-10,12-15H,2-6,11H2,1H3,(H,21,24)/t14-/m1/s1. The summed E-state index contributed by atoms with van der Waals surface area (Å²) in [7, 11) is 0. The first kappa shape index (κ1) is 18.1. The molecule has 0 unspecified atom stereocenters. The molecule has 1 heterocycles. The summed E-state index contributed by atoms with van der Waals surface area (Å²) in [6, 6.07) is 6.79. The average Bonchev–Trinajstić information content (AvgIpc) is 3.21. The number of hydrogen-bond acceptors (Lipinski definition) is 5. The monoisotopic (exact) mass is 356 g/mol. The Balaban J connectivity index is 1.49. The fourth-order valence-electron chi connectivity index (χ4n) is 3.15. The molecule has 1 aliphatic rings. The van der Waals surface area contributed by atoms with E-state index in [0.717, 1.165) is 18.5 Å². The number of nitrogens with zero attached hydrogens (tertiary/aromatic N) is 3. The van der Waals surface area contributed by atoms with Gasteiger partial charge in [0.15, 0.2) is 6.10 Å². The Morgan fingerprint density at radius 1 is 1.23 bits per heavy atom. The van der Waals surface area contributed by atoms with E-state index >= 15 is 0 Å². The molecule has 0 aliphatic heterocycles. The van der Waals surface area contributed by atoms with Crippen LogP contribution in [0.4, 0.5) is 0 Å². The smallest absolute Gasteiger partial charge is 0.338 e. The number of nitrogens with one attached hydrogen (secondary N) is 1. The number of carbonyl (C=O) groups is 2. The second kappa shape index (κ2) is 8.60. The van der Waals surface area contributed by atoms with E-state index in [1.165, 1.54) is 25.6 Å². The Hall–Kier alpha value is -2.70. The van der Waals surface area contributed by atoms with Gasteiger partial charge in [0.1, 0.15) is 12.7 Å². The minimum atomic E-state index is -0.818. The van der Waals surface area contributed by atoms with Crippen molar-refractivity contribution in [2.75, 3.05) is 6.54 Å². The first-order valence-electron chi connectivity index (χ1n) is 9.07. The lowest BCUT2D eigenvalue weighted by Crippen LogP contribution is -2.38. The molecule has 3 rings (SSSR count). The van der Waals surface area contributed by atoms with Crippen molar-refractivity contribution in [2.45, 2.75) is 45.1 Å². The molecule has 7 heteroatoms. The summed E-state index contributed by atoms with van der Waals surface area (Å²) in [6.45, 7) is 2.26. The van der Waals surface area contributed by atoms with Crippen molar-refractivity contribution in [2.24, 2.45) is 5.92 Å². The van der Waals surface area contributed by atoms with Crippen LogP contribution >= 0.6 is 0 Å². The van der Waals surface area contributed by atoms with Gasteiger partial charge in [0.25, 0.3) is 5.91 Å². The minimum absolute atomic E-state index is 0.247. The Bertz CT molecular complexity index is 722. The van der Waals surface area contributed by atoms with Crippen LogP contribution in [0.3, 0.4) is 0 Å². The van der Waals surface area contributed by atoms with Crippen LogP contribution in [0.1, 0.15) is 49.4 Å². The van der Waals surface area contributed by atoms with E-state index in [1.54, 1.807) is 42.2 Å². The van der Waals surface area contributed by atoms with E-state index < -0.39 is 12.1 Å². The van der Waals surface area contributed by atoms with E-state index in [-0.39, 0.29) is 5.91 Å². The molecule has 0 spiro atoms. The van der Waals surface area contributed by atoms with Crippen LogP contribution in [0.25, 0.3) is 5.69 Å². The summed E-state index contributed by atoms with van der Waals surface area (Å²) in [5.74, 6) is -0.224. The predicted molar refractivity (Wildman–Crippen MR) is 95.8 cm³/mol. The highest BCUT2D eigenvalue weighted by Gasteiger charge is 2.20. The summed E-state index contributed by atoms with van der Waals surface area (Å²) in [5, 5.41) is 6.93. The summed E-state index contributed by atoms with van der Waals surface area (Å²) in [5.41, 5.74) is 1.18. The van der Waals surface area contributed by atoms with Crippen molar-refractivity contribution in [3.8, 4) is 5.69 Å². The van der Waals surface area contributed by atoms with Crippen LogP contribution < -0.4 is 5.32 Å². The third kappa shape index (κ3) is 4.68. The summed E-state index contributed by atoms with van der Waals surface area (Å²) < 4.78 is 6.88. The molecule has 1 N–H and O–H groups in total. The van der Waals surface area contributed by atoms with Crippen molar-refractivity contribution in [1.82, 2.24) is 20.1 Å². The van der Waals surface area contributed by atoms with Crippen LogP contribution in [0.5, 0.6) is 0 Å². The Morgan fingerprint density at radius 3 is 2.62 bits per heavy atom. The number of carbonyl (C=O) groups excluding carboxylic acids is 2. The molecule has 2 aromatic rings. The van der Waals surface area contributed by atoms with Gasteiger partial charge < -0.3 is 10.1 Å². The molecule has 1 saturated carbocycles. The maximum Gasteiger partial charge on any atom is 0.338 e. The van der Waals surface area contributed by atoms with Gasteiger partial charge in [0.05, 0.1) is 11.3 Å². The van der Waals surface area contributed by atoms with E-state index in [2.05, 4.69) is 15.4 Å². The molecule has 1 aliphatic carbocycles. The van der Waals surface area contributed by atoms with Crippen molar-refractivity contribution in [1.29, 1.82) is 0 Å². The Labute approximate surface area is 152 Å². The minimum Gasteiger partial charge on any atom is -0.449 e. The van der Waals surface area contributed by atoms with Gasteiger partial charge in [-0.1, -0.05) is 19.3 Å². The molecule has 0 saturated heterocycles. The largest absolute Gasteiger partial charge is 0.449 e. The lowest BCUT2D eigenvalue weighted by Gasteiger charge is -2.22. The molecule has 26 heavy (non-hydrogen) atoms. The predicted octanol–water partition coefficient (Wildman–Crippen LogP) is 2.51. The SMILES string of the molecule is C[C@@H](OC(=O)c1ccc(-n2cncn2)cc1)C(=O)NCC1CCCCC1. The van der Waals surface area contributed by atoms with E-state index in [1.807, 2.05) is 0 Å². The highest BCUT2D eigenvalue weighted by atomic mass is 16.5. The van der Waals surface area contributed by atoms with Gasteiger partial charge in [0.2, 0.25) is 0 Å². The maximum absolute atomic E-state index is 12.2. The summed E-state index contributed by atoms with van der Waals surface area (Å²) in [6.07, 6.45) is 8.27. The van der Waals surface area contributed by atoms with Gasteiger partial charge >= 0.3 is 5.97 Å². The molecular weight excluding hydrogens is 332 g/mol.